The van der Waals surface area contributed by atoms with E-state index in [4.69, 9.17) is 0 Å². The molecule has 3 heterocycles. The zero-order chi connectivity index (χ0) is 15.6. The first-order valence-corrected chi connectivity index (χ1v) is 9.74. The van der Waals surface area contributed by atoms with Gasteiger partial charge in [0.2, 0.25) is 10.1 Å². The summed E-state index contributed by atoms with van der Waals surface area (Å²) in [5, 5.41) is 5.49. The highest BCUT2D eigenvalue weighted by atomic mass is 32.1. The van der Waals surface area contributed by atoms with Crippen LogP contribution in [0, 0.1) is 5.92 Å². The Morgan fingerprint density at radius 2 is 2.00 bits per heavy atom. The molecule has 23 heavy (non-hydrogen) atoms. The van der Waals surface area contributed by atoms with Crippen molar-refractivity contribution in [1.82, 2.24) is 14.6 Å². The Morgan fingerprint density at radius 1 is 1.13 bits per heavy atom. The second-order valence-electron chi connectivity index (χ2n) is 6.93. The quantitative estimate of drug-likeness (QED) is 0.860. The Balaban J connectivity index is 1.47. The van der Waals surface area contributed by atoms with Gasteiger partial charge >= 0.3 is 0 Å². The minimum atomic E-state index is -0.0875. The molecule has 2 aromatic rings. The van der Waals surface area contributed by atoms with Crippen LogP contribution < -0.4 is 10.5 Å². The van der Waals surface area contributed by atoms with Gasteiger partial charge in [-0.05, 0) is 31.6 Å². The number of nitrogens with zero attached hydrogens (tertiary/aromatic N) is 4. The number of fused-ring (bicyclic) bond motifs is 1. The Hall–Kier alpha value is -1.43. The normalized spacial score (nSPS) is 23.0. The number of rotatable bonds is 4. The molecular weight excluding hydrogens is 308 g/mol. The van der Waals surface area contributed by atoms with Gasteiger partial charge in [-0.15, -0.1) is 5.10 Å². The predicted molar refractivity (Wildman–Crippen MR) is 93.3 cm³/mol. The predicted octanol–water partition coefficient (Wildman–Crippen LogP) is 3.48. The van der Waals surface area contributed by atoms with Crippen molar-refractivity contribution < 1.29 is 0 Å². The number of aromatic nitrogens is 3. The Kier molecular flexibility index (Phi) is 4.33. The van der Waals surface area contributed by atoms with Crippen molar-refractivity contribution in [3.05, 3.63) is 22.6 Å². The molecule has 1 saturated carbocycles. The van der Waals surface area contributed by atoms with Crippen molar-refractivity contribution in [1.29, 1.82) is 0 Å². The highest BCUT2D eigenvalue weighted by Gasteiger charge is 2.28. The molecule has 1 unspecified atom stereocenters. The summed E-state index contributed by atoms with van der Waals surface area (Å²) in [5.74, 6) is 0.936. The first kappa shape index (κ1) is 15.1. The van der Waals surface area contributed by atoms with Crippen molar-refractivity contribution in [2.75, 3.05) is 11.4 Å². The minimum absolute atomic E-state index is 0.0875. The van der Waals surface area contributed by atoms with Crippen LogP contribution >= 0.6 is 11.3 Å². The van der Waals surface area contributed by atoms with E-state index in [1.54, 1.807) is 17.5 Å². The number of hydrogen-bond donors (Lipinski definition) is 0. The fraction of sp³-hybridized carbons (Fsp3) is 0.706. The van der Waals surface area contributed by atoms with Crippen LogP contribution in [0.5, 0.6) is 0 Å². The molecule has 0 N–H and O–H groups in total. The third-order valence-electron chi connectivity index (χ3n) is 5.42. The maximum absolute atomic E-state index is 11.9. The highest BCUT2D eigenvalue weighted by molar-refractivity contribution is 7.20. The topological polar surface area (TPSA) is 50.5 Å². The molecule has 2 fully saturated rings. The van der Waals surface area contributed by atoms with Crippen LogP contribution in [0.2, 0.25) is 0 Å². The molecule has 0 radical (unpaired) electrons. The summed E-state index contributed by atoms with van der Waals surface area (Å²) in [6.45, 7) is 1.06. The highest BCUT2D eigenvalue weighted by Crippen LogP contribution is 2.34. The van der Waals surface area contributed by atoms with Crippen molar-refractivity contribution >= 4 is 21.4 Å². The van der Waals surface area contributed by atoms with Crippen LogP contribution in [0.1, 0.15) is 57.8 Å². The molecule has 2 aromatic heterocycles. The van der Waals surface area contributed by atoms with Gasteiger partial charge in [-0.2, -0.15) is 4.52 Å². The van der Waals surface area contributed by atoms with E-state index in [0.717, 1.165) is 17.6 Å². The van der Waals surface area contributed by atoms with Crippen LogP contribution in [-0.2, 0) is 0 Å². The summed E-state index contributed by atoms with van der Waals surface area (Å²) in [6, 6.07) is 2.06. The Morgan fingerprint density at radius 3 is 2.83 bits per heavy atom. The molecule has 1 aliphatic heterocycles. The van der Waals surface area contributed by atoms with Gasteiger partial charge < -0.3 is 4.90 Å². The number of hydrogen-bond acceptors (Lipinski definition) is 5. The van der Waals surface area contributed by atoms with E-state index < -0.39 is 0 Å². The zero-order valence-electron chi connectivity index (χ0n) is 13.5. The van der Waals surface area contributed by atoms with Gasteiger partial charge in [0.15, 0.2) is 0 Å². The minimum Gasteiger partial charge on any atom is -0.344 e. The molecule has 0 amide bonds. The maximum atomic E-state index is 11.9. The summed E-state index contributed by atoms with van der Waals surface area (Å²) in [6.07, 6.45) is 13.8. The van der Waals surface area contributed by atoms with E-state index in [0.29, 0.717) is 11.0 Å². The summed E-state index contributed by atoms with van der Waals surface area (Å²) >= 11 is 1.54. The van der Waals surface area contributed by atoms with E-state index in [9.17, 15) is 4.79 Å². The molecule has 5 nitrogen and oxygen atoms in total. The van der Waals surface area contributed by atoms with Crippen molar-refractivity contribution in [2.45, 2.75) is 63.8 Å². The monoisotopic (exact) mass is 332 g/mol. The van der Waals surface area contributed by atoms with Crippen molar-refractivity contribution in [3.63, 3.8) is 0 Å². The SMILES string of the molecule is O=c1ccnc2sc(N3CCCC3CCC3CCCCC3)nn12. The second-order valence-corrected chi connectivity index (χ2v) is 7.87. The third kappa shape index (κ3) is 3.13. The summed E-state index contributed by atoms with van der Waals surface area (Å²) < 4.78 is 1.44. The van der Waals surface area contributed by atoms with Gasteiger partial charge in [-0.3, -0.25) is 4.79 Å². The molecule has 4 rings (SSSR count). The van der Waals surface area contributed by atoms with Crippen LogP contribution in [0.4, 0.5) is 5.13 Å². The van der Waals surface area contributed by atoms with Crippen LogP contribution in [-0.4, -0.2) is 27.2 Å². The first-order chi connectivity index (χ1) is 11.3. The van der Waals surface area contributed by atoms with Crippen LogP contribution in [0.25, 0.3) is 4.96 Å². The fourth-order valence-electron chi connectivity index (χ4n) is 4.14. The van der Waals surface area contributed by atoms with Gasteiger partial charge in [0.1, 0.15) is 0 Å². The van der Waals surface area contributed by atoms with Crippen LogP contribution in [0.15, 0.2) is 17.1 Å². The number of anilines is 1. The lowest BCUT2D eigenvalue weighted by Crippen LogP contribution is -2.30. The van der Waals surface area contributed by atoms with Gasteiger partial charge in [-0.1, -0.05) is 43.4 Å². The van der Waals surface area contributed by atoms with E-state index >= 15 is 0 Å². The molecule has 1 atom stereocenters. The van der Waals surface area contributed by atoms with E-state index in [1.165, 1.54) is 68.4 Å². The molecule has 2 aliphatic rings. The molecule has 1 aliphatic carbocycles. The molecule has 0 spiro atoms. The van der Waals surface area contributed by atoms with E-state index in [-0.39, 0.29) is 5.56 Å². The molecule has 6 heteroatoms. The fourth-order valence-corrected chi connectivity index (χ4v) is 5.12. The Bertz CT molecular complexity index is 719. The van der Waals surface area contributed by atoms with Crippen molar-refractivity contribution in [3.8, 4) is 0 Å². The lowest BCUT2D eigenvalue weighted by Gasteiger charge is -2.27. The molecular formula is C17H24N4OS. The first-order valence-electron chi connectivity index (χ1n) is 8.93. The standard InChI is InChI=1S/C17H24N4OS/c22-15-10-11-18-16-21(15)19-17(23-16)20-12-4-7-14(20)9-8-13-5-2-1-3-6-13/h10-11,13-14H,1-9,12H2. The summed E-state index contributed by atoms with van der Waals surface area (Å²) in [5.41, 5.74) is -0.0875. The second kappa shape index (κ2) is 6.59. The Labute approximate surface area is 140 Å². The zero-order valence-corrected chi connectivity index (χ0v) is 14.3. The summed E-state index contributed by atoms with van der Waals surface area (Å²) in [4.78, 5) is 19.3. The molecule has 0 bridgehead atoms. The van der Waals surface area contributed by atoms with Gasteiger partial charge in [-0.25, -0.2) is 4.98 Å². The average Bonchev–Trinajstić information content (AvgIpc) is 3.21. The largest absolute Gasteiger partial charge is 0.344 e. The van der Waals surface area contributed by atoms with E-state index in [1.807, 2.05) is 0 Å². The molecule has 124 valence electrons. The van der Waals surface area contributed by atoms with Crippen LogP contribution in [0.3, 0.4) is 0 Å². The van der Waals surface area contributed by atoms with Gasteiger partial charge in [0.25, 0.3) is 5.56 Å². The van der Waals surface area contributed by atoms with Gasteiger partial charge in [0, 0.05) is 24.8 Å². The molecule has 0 aromatic carbocycles. The van der Waals surface area contributed by atoms with Crippen molar-refractivity contribution in [2.24, 2.45) is 5.92 Å². The summed E-state index contributed by atoms with van der Waals surface area (Å²) in [7, 11) is 0. The molecule has 1 saturated heterocycles. The van der Waals surface area contributed by atoms with Gasteiger partial charge in [0.05, 0.1) is 0 Å². The maximum Gasteiger partial charge on any atom is 0.275 e. The third-order valence-corrected chi connectivity index (χ3v) is 6.38. The smallest absolute Gasteiger partial charge is 0.275 e. The lowest BCUT2D eigenvalue weighted by molar-refractivity contribution is 0.323. The van der Waals surface area contributed by atoms with E-state index in [2.05, 4.69) is 15.0 Å². The average molecular weight is 332 g/mol. The lowest BCUT2D eigenvalue weighted by atomic mass is 9.85.